The van der Waals surface area contributed by atoms with Gasteiger partial charge in [0.2, 0.25) is 0 Å². The number of hydrogen-bond acceptors (Lipinski definition) is 0. The molecule has 0 aromatic heterocycles. The summed E-state index contributed by atoms with van der Waals surface area (Å²) in [6, 6.07) is 0. The lowest BCUT2D eigenvalue weighted by Gasteiger charge is -2.13. The molecule has 0 N–H and O–H groups in total. The summed E-state index contributed by atoms with van der Waals surface area (Å²) in [4.78, 5) is 0. The van der Waals surface area contributed by atoms with Crippen LogP contribution in [0.2, 0.25) is 0 Å². The van der Waals surface area contributed by atoms with E-state index in [4.69, 9.17) is 0 Å². The van der Waals surface area contributed by atoms with Crippen molar-refractivity contribution in [2.75, 3.05) is 0 Å². The molecule has 0 fully saturated rings. The minimum Gasteiger partial charge on any atom is -0.0654 e. The van der Waals surface area contributed by atoms with E-state index in [9.17, 15) is 0 Å². The van der Waals surface area contributed by atoms with Crippen LogP contribution < -0.4 is 0 Å². The molecule has 0 saturated heterocycles. The second kappa shape index (κ2) is 17.1. The van der Waals surface area contributed by atoms with Crippen LogP contribution in [0.3, 0.4) is 0 Å². The normalized spacial score (nSPS) is 12.8. The Hall–Kier alpha value is 0. The van der Waals surface area contributed by atoms with Crippen LogP contribution in [0.1, 0.15) is 117 Å². The van der Waals surface area contributed by atoms with Crippen molar-refractivity contribution in [1.82, 2.24) is 0 Å². The average Bonchev–Trinajstić information content (AvgIpc) is 2.48. The standard InChI is InChI=1S/C20H41/c1-4-7-9-10-11-12-13-14-15-16-17-19-20(6-3)18-8-5-2/h20H,3-19H2,1-2H3. The zero-order valence-corrected chi connectivity index (χ0v) is 14.6. The van der Waals surface area contributed by atoms with Gasteiger partial charge in [0, 0.05) is 0 Å². The van der Waals surface area contributed by atoms with Gasteiger partial charge < -0.3 is 0 Å². The van der Waals surface area contributed by atoms with Crippen LogP contribution in [0.5, 0.6) is 0 Å². The number of hydrogen-bond donors (Lipinski definition) is 0. The Labute approximate surface area is 130 Å². The average molecular weight is 282 g/mol. The Morgan fingerprint density at radius 3 is 1.40 bits per heavy atom. The first-order valence-corrected chi connectivity index (χ1v) is 9.64. The molecule has 0 bridgehead atoms. The van der Waals surface area contributed by atoms with Gasteiger partial charge in [0.15, 0.2) is 0 Å². The van der Waals surface area contributed by atoms with Gasteiger partial charge in [-0.1, -0.05) is 124 Å². The van der Waals surface area contributed by atoms with Crippen molar-refractivity contribution in [2.24, 2.45) is 5.92 Å². The monoisotopic (exact) mass is 281 g/mol. The first kappa shape index (κ1) is 20.0. The van der Waals surface area contributed by atoms with E-state index in [2.05, 4.69) is 20.8 Å². The molecule has 1 atom stereocenters. The SMILES string of the molecule is [CH2]CC(CCCC)CCCCCCCCCCCCC. The smallest absolute Gasteiger partial charge is 0.0414 e. The van der Waals surface area contributed by atoms with Crippen LogP contribution in [-0.2, 0) is 0 Å². The van der Waals surface area contributed by atoms with Gasteiger partial charge in [-0.2, -0.15) is 0 Å². The van der Waals surface area contributed by atoms with Crippen LogP contribution >= 0.6 is 0 Å². The summed E-state index contributed by atoms with van der Waals surface area (Å²) in [6.45, 7) is 8.70. The van der Waals surface area contributed by atoms with Crippen molar-refractivity contribution in [3.63, 3.8) is 0 Å². The maximum atomic E-state index is 4.11. The molecule has 0 spiro atoms. The highest BCUT2D eigenvalue weighted by molar-refractivity contribution is 4.61. The molecule has 0 aliphatic rings. The summed E-state index contributed by atoms with van der Waals surface area (Å²) in [5, 5.41) is 0. The third-order valence-electron chi connectivity index (χ3n) is 4.59. The zero-order chi connectivity index (χ0) is 14.9. The second-order valence-electron chi connectivity index (χ2n) is 6.62. The van der Waals surface area contributed by atoms with Crippen molar-refractivity contribution in [3.8, 4) is 0 Å². The van der Waals surface area contributed by atoms with Crippen LogP contribution in [0.15, 0.2) is 0 Å². The highest BCUT2D eigenvalue weighted by Gasteiger charge is 2.04. The highest BCUT2D eigenvalue weighted by atomic mass is 14.1. The van der Waals surface area contributed by atoms with E-state index in [1.54, 1.807) is 0 Å². The molecule has 0 aliphatic carbocycles. The molecule has 0 nitrogen and oxygen atoms in total. The maximum Gasteiger partial charge on any atom is -0.0414 e. The van der Waals surface area contributed by atoms with Crippen LogP contribution in [-0.4, -0.2) is 0 Å². The Morgan fingerprint density at radius 2 is 0.950 bits per heavy atom. The Kier molecular flexibility index (Phi) is 17.1. The lowest BCUT2D eigenvalue weighted by atomic mass is 9.93. The summed E-state index contributed by atoms with van der Waals surface area (Å²) in [5.41, 5.74) is 0. The molecular formula is C20H41. The van der Waals surface area contributed by atoms with Gasteiger partial charge in [-0.15, -0.1) is 0 Å². The van der Waals surface area contributed by atoms with E-state index >= 15 is 0 Å². The fourth-order valence-corrected chi connectivity index (χ4v) is 3.02. The van der Waals surface area contributed by atoms with Gasteiger partial charge >= 0.3 is 0 Å². The van der Waals surface area contributed by atoms with E-state index in [1.807, 2.05) is 0 Å². The highest BCUT2D eigenvalue weighted by Crippen LogP contribution is 2.20. The van der Waals surface area contributed by atoms with Crippen LogP contribution in [0.4, 0.5) is 0 Å². The molecule has 0 aromatic carbocycles. The molecule has 0 aliphatic heterocycles. The predicted octanol–water partition coefficient (Wildman–Crippen LogP) is 7.72. The summed E-state index contributed by atoms with van der Waals surface area (Å²) < 4.78 is 0. The van der Waals surface area contributed by atoms with Gasteiger partial charge in [-0.3, -0.25) is 0 Å². The second-order valence-corrected chi connectivity index (χ2v) is 6.62. The fourth-order valence-electron chi connectivity index (χ4n) is 3.02. The maximum absolute atomic E-state index is 4.11. The van der Waals surface area contributed by atoms with Crippen molar-refractivity contribution in [1.29, 1.82) is 0 Å². The minimum atomic E-state index is 0.911. The van der Waals surface area contributed by atoms with Crippen molar-refractivity contribution in [2.45, 2.75) is 117 Å². The molecule has 0 heterocycles. The van der Waals surface area contributed by atoms with E-state index in [1.165, 1.54) is 96.3 Å². The fraction of sp³-hybridized carbons (Fsp3) is 0.950. The topological polar surface area (TPSA) is 0 Å². The van der Waals surface area contributed by atoms with E-state index in [-0.39, 0.29) is 0 Å². The molecule has 0 saturated carbocycles. The molecule has 20 heavy (non-hydrogen) atoms. The van der Waals surface area contributed by atoms with Crippen LogP contribution in [0, 0.1) is 12.8 Å². The Bertz CT molecular complexity index is 161. The predicted molar refractivity (Wildman–Crippen MR) is 94.1 cm³/mol. The largest absolute Gasteiger partial charge is 0.0654 e. The van der Waals surface area contributed by atoms with Crippen molar-refractivity contribution < 1.29 is 0 Å². The molecule has 0 amide bonds. The first-order chi connectivity index (χ1) is 9.85. The lowest BCUT2D eigenvalue weighted by molar-refractivity contribution is 0.412. The van der Waals surface area contributed by atoms with Crippen molar-refractivity contribution in [3.05, 3.63) is 6.92 Å². The molecule has 0 rings (SSSR count). The van der Waals surface area contributed by atoms with Crippen LogP contribution in [0.25, 0.3) is 0 Å². The zero-order valence-electron chi connectivity index (χ0n) is 14.6. The minimum absolute atomic E-state index is 0.911. The quantitative estimate of drug-likeness (QED) is 0.254. The third-order valence-corrected chi connectivity index (χ3v) is 4.59. The molecular weight excluding hydrogens is 240 g/mol. The molecule has 1 radical (unpaired) electrons. The number of unbranched alkanes of at least 4 members (excludes halogenated alkanes) is 11. The molecule has 0 heteroatoms. The summed E-state index contributed by atoms with van der Waals surface area (Å²) in [5.74, 6) is 0.911. The summed E-state index contributed by atoms with van der Waals surface area (Å²) in [7, 11) is 0. The molecule has 0 aromatic rings. The van der Waals surface area contributed by atoms with Gasteiger partial charge in [0.25, 0.3) is 0 Å². The molecule has 121 valence electrons. The summed E-state index contributed by atoms with van der Waals surface area (Å²) in [6.07, 6.45) is 22.7. The van der Waals surface area contributed by atoms with Crippen molar-refractivity contribution >= 4 is 0 Å². The Morgan fingerprint density at radius 1 is 0.550 bits per heavy atom. The van der Waals surface area contributed by atoms with Gasteiger partial charge in [-0.25, -0.2) is 0 Å². The third kappa shape index (κ3) is 14.4. The Balaban J connectivity index is 3.15. The lowest BCUT2D eigenvalue weighted by Crippen LogP contribution is -1.98. The summed E-state index contributed by atoms with van der Waals surface area (Å²) >= 11 is 0. The number of rotatable bonds is 16. The van der Waals surface area contributed by atoms with Gasteiger partial charge in [-0.05, 0) is 5.92 Å². The van der Waals surface area contributed by atoms with E-state index < -0.39 is 0 Å². The molecule has 1 unspecified atom stereocenters. The van der Waals surface area contributed by atoms with E-state index in [0.717, 1.165) is 12.3 Å². The van der Waals surface area contributed by atoms with Gasteiger partial charge in [0.1, 0.15) is 0 Å². The van der Waals surface area contributed by atoms with Gasteiger partial charge in [0.05, 0.1) is 0 Å². The van der Waals surface area contributed by atoms with E-state index in [0.29, 0.717) is 0 Å². The first-order valence-electron chi connectivity index (χ1n) is 9.64.